The van der Waals surface area contributed by atoms with Crippen LogP contribution in [0.1, 0.15) is 36.4 Å². The number of carbonyl (C=O) groups is 3. The Kier molecular flexibility index (Phi) is 9.08. The van der Waals surface area contributed by atoms with Crippen LogP contribution in [-0.2, 0) is 14.4 Å². The molecule has 1 aromatic heterocycles. The number of amides is 3. The Morgan fingerprint density at radius 3 is 2.49 bits per heavy atom. The molecule has 234 valence electrons. The van der Waals surface area contributed by atoms with Crippen molar-refractivity contribution in [3.05, 3.63) is 88.6 Å². The number of hydrogen-bond donors (Lipinski definition) is 1. The van der Waals surface area contributed by atoms with E-state index in [4.69, 9.17) is 11.6 Å². The van der Waals surface area contributed by atoms with Crippen molar-refractivity contribution in [2.45, 2.75) is 43.3 Å². The van der Waals surface area contributed by atoms with Crippen molar-refractivity contribution in [2.24, 2.45) is 0 Å². The van der Waals surface area contributed by atoms with Crippen LogP contribution in [0.3, 0.4) is 0 Å². The zero-order valence-corrected chi connectivity index (χ0v) is 24.6. The summed E-state index contributed by atoms with van der Waals surface area (Å²) in [6.45, 7) is 0.153. The number of alkyl halides is 2. The van der Waals surface area contributed by atoms with Crippen molar-refractivity contribution in [3.63, 3.8) is 0 Å². The van der Waals surface area contributed by atoms with E-state index in [9.17, 15) is 37.2 Å². The standard InChI is InChI=1S/C31H27ClF4N6O3/c1-40-16-23(41(28(44)17-40)26-8-18(15-37)6-7-38-26)12-27(43)42(22-10-19(33)9-20(34)11-22)29(24-4-2-3-5-25(24)32)30(45)39-21-13-31(35,36)14-21/h2-11,21,23,29H,12-14,16-17H2,1H3,(H,39,45)/t23-,29-/m0/s1. The molecule has 14 heteroatoms. The second-order valence-electron chi connectivity index (χ2n) is 11.1. The van der Waals surface area contributed by atoms with Gasteiger partial charge in [0.1, 0.15) is 23.5 Å². The van der Waals surface area contributed by atoms with E-state index >= 15 is 0 Å². The number of piperazine rings is 1. The van der Waals surface area contributed by atoms with Gasteiger partial charge in [-0.05, 0) is 37.4 Å². The fourth-order valence-electron chi connectivity index (χ4n) is 5.66. The average molecular weight is 643 g/mol. The van der Waals surface area contributed by atoms with Crippen LogP contribution in [0.25, 0.3) is 0 Å². The van der Waals surface area contributed by atoms with Crippen LogP contribution in [-0.4, -0.2) is 65.7 Å². The number of nitriles is 1. The summed E-state index contributed by atoms with van der Waals surface area (Å²) in [7, 11) is 1.67. The van der Waals surface area contributed by atoms with E-state index in [1.807, 2.05) is 6.07 Å². The topological polar surface area (TPSA) is 110 Å². The molecule has 2 aliphatic rings. The van der Waals surface area contributed by atoms with Crippen LogP contribution in [0.2, 0.25) is 5.02 Å². The molecule has 1 N–H and O–H groups in total. The van der Waals surface area contributed by atoms with Gasteiger partial charge in [0, 0.05) is 54.7 Å². The molecule has 1 aliphatic carbocycles. The van der Waals surface area contributed by atoms with Crippen molar-refractivity contribution in [1.29, 1.82) is 5.26 Å². The van der Waals surface area contributed by atoms with Crippen LogP contribution < -0.4 is 15.1 Å². The Labute approximate surface area is 261 Å². The van der Waals surface area contributed by atoms with Crippen LogP contribution in [0.4, 0.5) is 29.1 Å². The van der Waals surface area contributed by atoms with Gasteiger partial charge in [-0.1, -0.05) is 29.8 Å². The lowest BCUT2D eigenvalue weighted by Gasteiger charge is -2.41. The predicted octanol–water partition coefficient (Wildman–Crippen LogP) is 4.61. The summed E-state index contributed by atoms with van der Waals surface area (Å²) in [6, 6.07) is 9.74. The molecule has 2 atom stereocenters. The molecule has 1 saturated heterocycles. The molecule has 3 aromatic rings. The minimum Gasteiger partial charge on any atom is -0.351 e. The first-order chi connectivity index (χ1) is 21.3. The van der Waals surface area contributed by atoms with Crippen LogP contribution in [0, 0.1) is 23.0 Å². The summed E-state index contributed by atoms with van der Waals surface area (Å²) in [6.07, 6.45) is -0.335. The van der Waals surface area contributed by atoms with Gasteiger partial charge in [-0.25, -0.2) is 22.5 Å². The normalized spacial score (nSPS) is 18.9. The molecule has 9 nitrogen and oxygen atoms in total. The van der Waals surface area contributed by atoms with Gasteiger partial charge in [0.15, 0.2) is 0 Å². The molecule has 2 fully saturated rings. The first-order valence-corrected chi connectivity index (χ1v) is 14.3. The molecule has 2 heterocycles. The number of nitrogens with one attached hydrogen (secondary N) is 1. The quantitative estimate of drug-likeness (QED) is 0.360. The second kappa shape index (κ2) is 12.8. The number of benzene rings is 2. The fourth-order valence-corrected chi connectivity index (χ4v) is 5.90. The number of anilines is 2. The highest BCUT2D eigenvalue weighted by molar-refractivity contribution is 6.31. The SMILES string of the molecule is CN1CC(=O)N(c2cc(C#N)ccn2)[C@@H](CC(=O)N(c2cc(F)cc(F)c2)[C@H](C(=O)NC2CC(F)(F)C2)c2ccccc2Cl)C1. The van der Waals surface area contributed by atoms with Gasteiger partial charge >= 0.3 is 0 Å². The molecular weight excluding hydrogens is 616 g/mol. The monoisotopic (exact) mass is 642 g/mol. The van der Waals surface area contributed by atoms with Gasteiger partial charge in [-0.2, -0.15) is 5.26 Å². The molecule has 0 spiro atoms. The largest absolute Gasteiger partial charge is 0.351 e. The van der Waals surface area contributed by atoms with Gasteiger partial charge in [-0.15, -0.1) is 0 Å². The lowest BCUT2D eigenvalue weighted by molar-refractivity contribution is -0.133. The van der Waals surface area contributed by atoms with E-state index in [1.54, 1.807) is 18.0 Å². The van der Waals surface area contributed by atoms with E-state index in [-0.39, 0.29) is 40.7 Å². The number of aromatic nitrogens is 1. The summed E-state index contributed by atoms with van der Waals surface area (Å²) in [5.41, 5.74) is -0.0216. The molecule has 0 unspecified atom stereocenters. The maximum atomic E-state index is 14.6. The number of likely N-dealkylation sites (N-methyl/N-ethyl adjacent to an activating group) is 1. The highest BCUT2D eigenvalue weighted by Gasteiger charge is 2.47. The first kappa shape index (κ1) is 31.9. The van der Waals surface area contributed by atoms with E-state index < -0.39 is 72.7 Å². The Morgan fingerprint density at radius 1 is 1.16 bits per heavy atom. The van der Waals surface area contributed by atoms with E-state index in [1.165, 1.54) is 41.4 Å². The predicted molar refractivity (Wildman–Crippen MR) is 156 cm³/mol. The molecule has 0 radical (unpaired) electrons. The van der Waals surface area contributed by atoms with E-state index in [0.29, 0.717) is 6.07 Å². The number of nitrogens with zero attached hydrogens (tertiary/aromatic N) is 5. The van der Waals surface area contributed by atoms with Crippen molar-refractivity contribution in [3.8, 4) is 6.07 Å². The zero-order chi connectivity index (χ0) is 32.5. The van der Waals surface area contributed by atoms with Crippen molar-refractivity contribution in [2.75, 3.05) is 29.9 Å². The average Bonchev–Trinajstić information content (AvgIpc) is 2.94. The molecule has 1 aliphatic heterocycles. The van der Waals surface area contributed by atoms with Gasteiger partial charge in [0.05, 0.1) is 29.9 Å². The minimum atomic E-state index is -2.96. The summed E-state index contributed by atoms with van der Waals surface area (Å²) in [5, 5.41) is 11.9. The highest BCUT2D eigenvalue weighted by atomic mass is 35.5. The first-order valence-electron chi connectivity index (χ1n) is 13.9. The Bertz CT molecular complexity index is 1660. The Morgan fingerprint density at radius 2 is 1.84 bits per heavy atom. The molecule has 45 heavy (non-hydrogen) atoms. The smallest absolute Gasteiger partial charge is 0.252 e. The fraction of sp³-hybridized carbons (Fsp3) is 0.323. The Balaban J connectivity index is 1.58. The number of hydrogen-bond acceptors (Lipinski definition) is 6. The van der Waals surface area contributed by atoms with Crippen molar-refractivity contribution >= 4 is 40.8 Å². The summed E-state index contributed by atoms with van der Waals surface area (Å²) < 4.78 is 56.5. The molecule has 1 saturated carbocycles. The van der Waals surface area contributed by atoms with Crippen LogP contribution in [0.15, 0.2) is 60.8 Å². The third kappa shape index (κ3) is 7.08. The third-order valence-corrected chi connectivity index (χ3v) is 7.97. The van der Waals surface area contributed by atoms with E-state index in [0.717, 1.165) is 17.0 Å². The van der Waals surface area contributed by atoms with Gasteiger partial charge < -0.3 is 5.32 Å². The maximum Gasteiger partial charge on any atom is 0.252 e. The van der Waals surface area contributed by atoms with Crippen LogP contribution >= 0.6 is 11.6 Å². The number of halogens is 5. The second-order valence-corrected chi connectivity index (χ2v) is 11.5. The van der Waals surface area contributed by atoms with Gasteiger partial charge in [-0.3, -0.25) is 29.1 Å². The Hall–Kier alpha value is -4.54. The van der Waals surface area contributed by atoms with Gasteiger partial charge in [0.25, 0.3) is 5.92 Å². The lowest BCUT2D eigenvalue weighted by atomic mass is 9.87. The van der Waals surface area contributed by atoms with Crippen molar-refractivity contribution in [1.82, 2.24) is 15.2 Å². The number of pyridine rings is 1. The highest BCUT2D eigenvalue weighted by Crippen LogP contribution is 2.39. The van der Waals surface area contributed by atoms with Crippen molar-refractivity contribution < 1.29 is 31.9 Å². The maximum absolute atomic E-state index is 14.6. The molecular formula is C31H27ClF4N6O3. The minimum absolute atomic E-state index is 0.0152. The summed E-state index contributed by atoms with van der Waals surface area (Å²) >= 11 is 6.47. The molecule has 2 aromatic carbocycles. The summed E-state index contributed by atoms with van der Waals surface area (Å²) in [5.74, 6) is -7.04. The number of carbonyl (C=O) groups excluding carboxylic acids is 3. The molecule has 3 amide bonds. The zero-order valence-electron chi connectivity index (χ0n) is 23.9. The van der Waals surface area contributed by atoms with Crippen LogP contribution in [0.5, 0.6) is 0 Å². The third-order valence-electron chi connectivity index (χ3n) is 7.63. The molecule has 5 rings (SSSR count). The summed E-state index contributed by atoms with van der Waals surface area (Å²) in [4.78, 5) is 49.5. The molecule has 0 bridgehead atoms. The lowest BCUT2D eigenvalue weighted by Crippen LogP contribution is -2.58. The van der Waals surface area contributed by atoms with Gasteiger partial charge in [0.2, 0.25) is 17.7 Å². The van der Waals surface area contributed by atoms with E-state index in [2.05, 4.69) is 10.3 Å². The number of rotatable bonds is 8.